The number of nitrogens with zero attached hydrogens (tertiary/aromatic N) is 3. The molecule has 0 heterocycles. The SMILES string of the molecule is [N-]=[N+]=NCCCC[C@H](Cc1ccccc1)C(=O)O. The van der Waals surface area contributed by atoms with E-state index in [9.17, 15) is 4.79 Å². The van der Waals surface area contributed by atoms with Gasteiger partial charge in [-0.05, 0) is 30.4 Å². The third-order valence-electron chi connectivity index (χ3n) is 2.80. The highest BCUT2D eigenvalue weighted by Gasteiger charge is 2.17. The van der Waals surface area contributed by atoms with E-state index >= 15 is 0 Å². The molecule has 0 aliphatic carbocycles. The topological polar surface area (TPSA) is 86.1 Å². The molecule has 1 aromatic carbocycles. The first-order valence-electron chi connectivity index (χ1n) is 6.01. The Balaban J connectivity index is 2.41. The normalized spacial score (nSPS) is 11.6. The van der Waals surface area contributed by atoms with Gasteiger partial charge in [0, 0.05) is 11.5 Å². The average Bonchev–Trinajstić information content (AvgIpc) is 2.38. The number of carboxylic acid groups (broad SMARTS) is 1. The molecular formula is C13H17N3O2. The predicted octanol–water partition coefficient (Wildman–Crippen LogP) is 3.41. The molecule has 1 N–H and O–H groups in total. The number of carbonyl (C=O) groups is 1. The van der Waals surface area contributed by atoms with Gasteiger partial charge in [0.1, 0.15) is 0 Å². The first kappa shape index (κ1) is 14.1. The Morgan fingerprint density at radius 3 is 2.67 bits per heavy atom. The van der Waals surface area contributed by atoms with Gasteiger partial charge in [0.05, 0.1) is 5.92 Å². The van der Waals surface area contributed by atoms with Gasteiger partial charge in [-0.3, -0.25) is 4.79 Å². The van der Waals surface area contributed by atoms with Gasteiger partial charge in [0.15, 0.2) is 0 Å². The molecule has 0 bridgehead atoms. The highest BCUT2D eigenvalue weighted by molar-refractivity contribution is 5.70. The fraction of sp³-hybridized carbons (Fsp3) is 0.462. The Hall–Kier alpha value is -2.00. The number of azide groups is 1. The maximum atomic E-state index is 11.1. The molecule has 0 saturated carbocycles. The first-order valence-corrected chi connectivity index (χ1v) is 6.01. The van der Waals surface area contributed by atoms with Gasteiger partial charge in [0.25, 0.3) is 0 Å². The molecule has 18 heavy (non-hydrogen) atoms. The van der Waals surface area contributed by atoms with Crippen LogP contribution in [0.4, 0.5) is 0 Å². The summed E-state index contributed by atoms with van der Waals surface area (Å²) in [6, 6.07) is 9.62. The molecule has 0 fully saturated rings. The zero-order chi connectivity index (χ0) is 13.2. The van der Waals surface area contributed by atoms with Gasteiger partial charge in [-0.15, -0.1) is 0 Å². The van der Waals surface area contributed by atoms with Crippen LogP contribution in [0.5, 0.6) is 0 Å². The average molecular weight is 247 g/mol. The van der Waals surface area contributed by atoms with Crippen molar-refractivity contribution in [3.05, 3.63) is 46.3 Å². The molecule has 0 aromatic heterocycles. The highest BCUT2D eigenvalue weighted by atomic mass is 16.4. The van der Waals surface area contributed by atoms with Crippen molar-refractivity contribution in [3.63, 3.8) is 0 Å². The fourth-order valence-electron chi connectivity index (χ4n) is 1.83. The molecule has 5 nitrogen and oxygen atoms in total. The van der Waals surface area contributed by atoms with Gasteiger partial charge in [-0.1, -0.05) is 41.9 Å². The van der Waals surface area contributed by atoms with Crippen LogP contribution in [0.25, 0.3) is 10.4 Å². The lowest BCUT2D eigenvalue weighted by Crippen LogP contribution is -2.16. The second-order valence-electron chi connectivity index (χ2n) is 4.18. The van der Waals surface area contributed by atoms with Crippen LogP contribution in [0.15, 0.2) is 35.4 Å². The van der Waals surface area contributed by atoms with E-state index < -0.39 is 5.97 Å². The third-order valence-corrected chi connectivity index (χ3v) is 2.80. The van der Waals surface area contributed by atoms with Crippen LogP contribution in [-0.4, -0.2) is 17.6 Å². The lowest BCUT2D eigenvalue weighted by molar-refractivity contribution is -0.142. The van der Waals surface area contributed by atoms with Crippen molar-refractivity contribution in [2.45, 2.75) is 25.7 Å². The number of aliphatic carboxylic acids is 1. The van der Waals surface area contributed by atoms with Crippen LogP contribution in [-0.2, 0) is 11.2 Å². The van der Waals surface area contributed by atoms with Crippen LogP contribution in [0, 0.1) is 5.92 Å². The van der Waals surface area contributed by atoms with Gasteiger partial charge in [-0.2, -0.15) is 0 Å². The Bertz CT molecular complexity index is 414. The lowest BCUT2D eigenvalue weighted by atomic mass is 9.94. The summed E-state index contributed by atoms with van der Waals surface area (Å²) in [7, 11) is 0. The Morgan fingerprint density at radius 2 is 2.06 bits per heavy atom. The Morgan fingerprint density at radius 1 is 1.33 bits per heavy atom. The minimum absolute atomic E-state index is 0.363. The number of hydrogen-bond donors (Lipinski definition) is 1. The van der Waals surface area contributed by atoms with Crippen molar-refractivity contribution in [2.24, 2.45) is 11.0 Å². The van der Waals surface area contributed by atoms with E-state index in [2.05, 4.69) is 10.0 Å². The molecule has 0 aliphatic heterocycles. The van der Waals surface area contributed by atoms with Crippen molar-refractivity contribution in [1.29, 1.82) is 0 Å². The van der Waals surface area contributed by atoms with E-state index in [1.54, 1.807) is 0 Å². The zero-order valence-corrected chi connectivity index (χ0v) is 10.2. The molecule has 1 atom stereocenters. The van der Waals surface area contributed by atoms with Crippen LogP contribution in [0.3, 0.4) is 0 Å². The number of benzene rings is 1. The standard InChI is InChI=1S/C13H17N3O2/c14-16-15-9-5-4-8-12(13(17)18)10-11-6-2-1-3-7-11/h1-3,6-7,12H,4-5,8-10H2,(H,17,18)/t12-/m1/s1. The van der Waals surface area contributed by atoms with Crippen LogP contribution in [0.1, 0.15) is 24.8 Å². The molecule has 0 spiro atoms. The summed E-state index contributed by atoms with van der Waals surface area (Å²) < 4.78 is 0. The smallest absolute Gasteiger partial charge is 0.306 e. The molecule has 0 aliphatic rings. The monoisotopic (exact) mass is 247 g/mol. The van der Waals surface area contributed by atoms with Gasteiger partial charge in [-0.25, -0.2) is 0 Å². The van der Waals surface area contributed by atoms with Crippen molar-refractivity contribution in [3.8, 4) is 0 Å². The van der Waals surface area contributed by atoms with Crippen molar-refractivity contribution in [2.75, 3.05) is 6.54 Å². The molecule has 0 radical (unpaired) electrons. The minimum atomic E-state index is -0.761. The van der Waals surface area contributed by atoms with E-state index in [4.69, 9.17) is 10.6 Å². The number of hydrogen-bond acceptors (Lipinski definition) is 2. The summed E-state index contributed by atoms with van der Waals surface area (Å²) in [5, 5.41) is 12.6. The molecule has 0 saturated heterocycles. The van der Waals surface area contributed by atoms with Crippen LogP contribution >= 0.6 is 0 Å². The van der Waals surface area contributed by atoms with Gasteiger partial charge < -0.3 is 5.11 Å². The Labute approximate surface area is 106 Å². The maximum Gasteiger partial charge on any atom is 0.306 e. The van der Waals surface area contributed by atoms with E-state index in [1.165, 1.54) is 0 Å². The Kier molecular flexibility index (Phi) is 6.36. The molecule has 5 heteroatoms. The summed E-state index contributed by atoms with van der Waals surface area (Å²) in [6.07, 6.45) is 2.67. The summed E-state index contributed by atoms with van der Waals surface area (Å²) in [4.78, 5) is 13.8. The van der Waals surface area contributed by atoms with Crippen LogP contribution in [0.2, 0.25) is 0 Å². The maximum absolute atomic E-state index is 11.1. The first-order chi connectivity index (χ1) is 8.74. The largest absolute Gasteiger partial charge is 0.481 e. The summed E-state index contributed by atoms with van der Waals surface area (Å²) in [5.41, 5.74) is 9.16. The van der Waals surface area contributed by atoms with E-state index in [0.717, 1.165) is 18.4 Å². The summed E-state index contributed by atoms with van der Waals surface area (Å²) in [5.74, 6) is -1.12. The third kappa shape index (κ3) is 5.37. The molecule has 0 amide bonds. The number of rotatable bonds is 8. The van der Waals surface area contributed by atoms with Gasteiger partial charge in [0.2, 0.25) is 0 Å². The van der Waals surface area contributed by atoms with Gasteiger partial charge >= 0.3 is 5.97 Å². The molecule has 1 aromatic rings. The minimum Gasteiger partial charge on any atom is -0.481 e. The van der Waals surface area contributed by atoms with Crippen molar-refractivity contribution < 1.29 is 9.90 Å². The zero-order valence-electron chi connectivity index (χ0n) is 10.2. The van der Waals surface area contributed by atoms with Crippen molar-refractivity contribution in [1.82, 2.24) is 0 Å². The molecule has 96 valence electrons. The second kappa shape index (κ2) is 8.14. The summed E-state index contributed by atoms with van der Waals surface area (Å²) in [6.45, 7) is 0.439. The second-order valence-corrected chi connectivity index (χ2v) is 4.18. The van der Waals surface area contributed by atoms with E-state index in [0.29, 0.717) is 19.4 Å². The van der Waals surface area contributed by atoms with Crippen molar-refractivity contribution >= 4 is 5.97 Å². The van der Waals surface area contributed by atoms with E-state index in [-0.39, 0.29) is 5.92 Å². The van der Waals surface area contributed by atoms with Crippen LogP contribution < -0.4 is 0 Å². The lowest BCUT2D eigenvalue weighted by Gasteiger charge is -2.11. The van der Waals surface area contributed by atoms with E-state index in [1.807, 2.05) is 30.3 Å². The number of carboxylic acids is 1. The predicted molar refractivity (Wildman–Crippen MR) is 69.1 cm³/mol. The summed E-state index contributed by atoms with van der Waals surface area (Å²) >= 11 is 0. The molecular weight excluding hydrogens is 230 g/mol. The number of unbranched alkanes of at least 4 members (excludes halogenated alkanes) is 1. The quantitative estimate of drug-likeness (QED) is 0.330. The molecule has 0 unspecified atom stereocenters. The molecule has 1 rings (SSSR count). The highest BCUT2D eigenvalue weighted by Crippen LogP contribution is 2.15. The fourth-order valence-corrected chi connectivity index (χ4v) is 1.83.